The number of nitrogens with zero attached hydrogens (tertiary/aromatic N) is 6. The third-order valence-electron chi connectivity index (χ3n) is 8.69. The van der Waals surface area contributed by atoms with E-state index in [-0.39, 0.29) is 35.1 Å². The van der Waals surface area contributed by atoms with E-state index in [2.05, 4.69) is 45.2 Å². The zero-order valence-corrected chi connectivity index (χ0v) is 26.1. The smallest absolute Gasteiger partial charge is 0.433 e. The topological polar surface area (TPSA) is 86.4 Å². The van der Waals surface area contributed by atoms with Crippen LogP contribution in [0.1, 0.15) is 46.1 Å². The third-order valence-corrected chi connectivity index (χ3v) is 8.69. The van der Waals surface area contributed by atoms with Gasteiger partial charge in [-0.3, -0.25) is 9.69 Å². The Morgan fingerprint density at radius 2 is 1.70 bits per heavy atom. The Labute approximate surface area is 266 Å². The Morgan fingerprint density at radius 1 is 1.02 bits per heavy atom. The quantitative estimate of drug-likeness (QED) is 0.264. The zero-order valence-electron chi connectivity index (χ0n) is 26.1. The molecule has 2 aromatic heterocycles. The van der Waals surface area contributed by atoms with Gasteiger partial charge in [-0.1, -0.05) is 12.1 Å². The monoisotopic (exact) mass is 636 g/mol. The van der Waals surface area contributed by atoms with Crippen molar-refractivity contribution in [2.75, 3.05) is 57.9 Å². The standard InChI is InChI=1S/C32H35F3N6O3.C2H4/c1-21-28(22-8-10-25(44-2)11-9-22)37-30-26(19-36-41(30)29(21)32(33,34)35)31(43)40-16-14-39(15-17-40)27(20-42)23-6-5-7-24(18-23)38-12-3-4-13-38;1-2/h5-11,18-19,27,42H,3-4,12-17,20H2,1-2H3;1-2H2/t27-;/m1./s1. The third kappa shape index (κ3) is 6.45. The van der Waals surface area contributed by atoms with Gasteiger partial charge in [0.25, 0.3) is 5.91 Å². The first-order chi connectivity index (χ1) is 22.2. The summed E-state index contributed by atoms with van der Waals surface area (Å²) >= 11 is 0. The second-order valence-corrected chi connectivity index (χ2v) is 11.3. The van der Waals surface area contributed by atoms with E-state index in [1.807, 2.05) is 12.1 Å². The van der Waals surface area contributed by atoms with Crippen LogP contribution in [0, 0.1) is 6.92 Å². The number of benzene rings is 2. The first kappa shape index (κ1) is 33.0. The summed E-state index contributed by atoms with van der Waals surface area (Å²) in [5, 5.41) is 14.3. The summed E-state index contributed by atoms with van der Waals surface area (Å²) in [5.74, 6) is 0.131. The van der Waals surface area contributed by atoms with Crippen LogP contribution in [-0.4, -0.2) is 88.4 Å². The van der Waals surface area contributed by atoms with Gasteiger partial charge in [0.2, 0.25) is 0 Å². The Hall–Kier alpha value is -4.42. The number of fused-ring (bicyclic) bond motifs is 1. The van der Waals surface area contributed by atoms with Gasteiger partial charge >= 0.3 is 6.18 Å². The highest BCUT2D eigenvalue weighted by Gasteiger charge is 2.39. The van der Waals surface area contributed by atoms with Crippen LogP contribution in [0.15, 0.2) is 67.9 Å². The van der Waals surface area contributed by atoms with Crippen LogP contribution < -0.4 is 9.64 Å². The number of piperazine rings is 1. The van der Waals surface area contributed by atoms with E-state index in [9.17, 15) is 23.1 Å². The summed E-state index contributed by atoms with van der Waals surface area (Å²) in [5.41, 5.74) is 1.56. The van der Waals surface area contributed by atoms with Gasteiger partial charge in [0.05, 0.1) is 31.6 Å². The van der Waals surface area contributed by atoms with Gasteiger partial charge < -0.3 is 19.6 Å². The number of alkyl halides is 3. The molecular formula is C34H39F3N6O3. The number of hydrogen-bond acceptors (Lipinski definition) is 7. The van der Waals surface area contributed by atoms with Crippen LogP contribution in [0.2, 0.25) is 0 Å². The van der Waals surface area contributed by atoms with Crippen LogP contribution >= 0.6 is 0 Å². The van der Waals surface area contributed by atoms with Crippen molar-refractivity contribution in [1.29, 1.82) is 0 Å². The van der Waals surface area contributed by atoms with Gasteiger partial charge in [-0.2, -0.15) is 18.3 Å². The molecule has 0 aliphatic carbocycles. The second kappa shape index (κ2) is 13.9. The van der Waals surface area contributed by atoms with E-state index in [0.29, 0.717) is 37.5 Å². The van der Waals surface area contributed by atoms with Gasteiger partial charge in [-0.25, -0.2) is 9.50 Å². The molecule has 1 N–H and O–H groups in total. The number of rotatable bonds is 7. The van der Waals surface area contributed by atoms with E-state index < -0.39 is 17.8 Å². The Morgan fingerprint density at radius 3 is 2.30 bits per heavy atom. The first-order valence-corrected chi connectivity index (χ1v) is 15.3. The van der Waals surface area contributed by atoms with Crippen molar-refractivity contribution in [2.45, 2.75) is 32.0 Å². The number of methoxy groups -OCH3 is 1. The molecule has 9 nitrogen and oxygen atoms in total. The van der Waals surface area contributed by atoms with Crippen molar-refractivity contribution in [3.63, 3.8) is 0 Å². The summed E-state index contributed by atoms with van der Waals surface area (Å²) in [4.78, 5) is 24.4. The summed E-state index contributed by atoms with van der Waals surface area (Å²) in [7, 11) is 1.51. The minimum Gasteiger partial charge on any atom is -0.497 e. The maximum atomic E-state index is 14.3. The van der Waals surface area contributed by atoms with Gasteiger partial charge in [0.15, 0.2) is 11.3 Å². The number of carbonyl (C=O) groups is 1. The van der Waals surface area contributed by atoms with Gasteiger partial charge in [0.1, 0.15) is 11.3 Å². The SMILES string of the molecule is C=C.COc1ccc(-c2nc3c(C(=O)N4CCN([C@H](CO)c5cccc(N6CCCC6)c5)CC4)cnn3c(C(F)(F)F)c2C)cc1. The average Bonchev–Trinajstić information content (AvgIpc) is 3.76. The second-order valence-electron chi connectivity index (χ2n) is 11.3. The van der Waals surface area contributed by atoms with Gasteiger partial charge in [-0.05, 0) is 61.7 Å². The molecule has 0 saturated carbocycles. The van der Waals surface area contributed by atoms with Crippen molar-refractivity contribution in [3.8, 4) is 17.0 Å². The minimum absolute atomic E-state index is 0.00994. The molecule has 2 aliphatic heterocycles. The maximum Gasteiger partial charge on any atom is 0.433 e. The van der Waals surface area contributed by atoms with E-state index in [1.165, 1.54) is 33.1 Å². The fraction of sp³-hybridized carbons (Fsp3) is 0.382. The Balaban J connectivity index is 0.00000204. The van der Waals surface area contributed by atoms with Gasteiger partial charge in [-0.15, -0.1) is 13.2 Å². The van der Waals surface area contributed by atoms with E-state index in [4.69, 9.17) is 4.74 Å². The van der Waals surface area contributed by atoms with Crippen molar-refractivity contribution in [1.82, 2.24) is 24.4 Å². The van der Waals surface area contributed by atoms with Crippen LogP contribution in [0.3, 0.4) is 0 Å². The lowest BCUT2D eigenvalue weighted by Gasteiger charge is -2.39. The molecule has 0 radical (unpaired) electrons. The molecule has 6 rings (SSSR count). The number of aliphatic hydroxyl groups is 1. The number of amides is 1. The lowest BCUT2D eigenvalue weighted by molar-refractivity contribution is -0.143. The summed E-state index contributed by atoms with van der Waals surface area (Å²) in [6.45, 7) is 11.0. The molecule has 2 aromatic carbocycles. The van der Waals surface area contributed by atoms with Crippen molar-refractivity contribution in [3.05, 3.63) is 90.3 Å². The fourth-order valence-corrected chi connectivity index (χ4v) is 6.33. The van der Waals surface area contributed by atoms with Crippen LogP contribution in [0.25, 0.3) is 16.9 Å². The molecule has 0 unspecified atom stereocenters. The molecule has 2 aliphatic rings. The highest BCUT2D eigenvalue weighted by Crippen LogP contribution is 2.37. The van der Waals surface area contributed by atoms with Crippen LogP contribution in [0.4, 0.5) is 18.9 Å². The molecule has 12 heteroatoms. The minimum atomic E-state index is -4.73. The summed E-state index contributed by atoms with van der Waals surface area (Å²) < 4.78 is 48.9. The lowest BCUT2D eigenvalue weighted by atomic mass is 10.0. The molecule has 0 spiro atoms. The average molecular weight is 637 g/mol. The maximum absolute atomic E-state index is 14.3. The molecule has 1 amide bonds. The van der Waals surface area contributed by atoms with Crippen LogP contribution in [0.5, 0.6) is 5.75 Å². The Bertz CT molecular complexity index is 1660. The van der Waals surface area contributed by atoms with E-state index in [1.54, 1.807) is 29.2 Å². The number of aliphatic hydroxyl groups excluding tert-OH is 1. The number of carbonyl (C=O) groups excluding carboxylic acids is 1. The molecule has 1 atom stereocenters. The molecular weight excluding hydrogens is 597 g/mol. The fourth-order valence-electron chi connectivity index (χ4n) is 6.33. The molecule has 2 saturated heterocycles. The van der Waals surface area contributed by atoms with Gasteiger partial charge in [0, 0.05) is 56.1 Å². The molecule has 244 valence electrons. The largest absolute Gasteiger partial charge is 0.497 e. The normalized spacial score (nSPS) is 16.3. The highest BCUT2D eigenvalue weighted by atomic mass is 19.4. The number of aromatic nitrogens is 3. The predicted octanol–water partition coefficient (Wildman–Crippen LogP) is 5.63. The summed E-state index contributed by atoms with van der Waals surface area (Å²) in [6, 6.07) is 14.6. The lowest BCUT2D eigenvalue weighted by Crippen LogP contribution is -2.50. The van der Waals surface area contributed by atoms with E-state index >= 15 is 0 Å². The molecule has 4 heterocycles. The van der Waals surface area contributed by atoms with Crippen molar-refractivity contribution < 1.29 is 27.8 Å². The first-order valence-electron chi connectivity index (χ1n) is 15.3. The number of ether oxygens (including phenoxy) is 1. The van der Waals surface area contributed by atoms with Crippen molar-refractivity contribution in [2.24, 2.45) is 0 Å². The summed E-state index contributed by atoms with van der Waals surface area (Å²) in [6.07, 6.45) is -1.21. The highest BCUT2D eigenvalue weighted by molar-refractivity contribution is 6.00. The Kier molecular flexibility index (Phi) is 9.97. The predicted molar refractivity (Wildman–Crippen MR) is 171 cm³/mol. The van der Waals surface area contributed by atoms with Crippen LogP contribution in [-0.2, 0) is 6.18 Å². The number of hydrogen-bond donors (Lipinski definition) is 1. The molecule has 4 aromatic rings. The molecule has 0 bridgehead atoms. The number of anilines is 1. The molecule has 46 heavy (non-hydrogen) atoms. The zero-order chi connectivity index (χ0) is 33.0. The number of halogens is 3. The van der Waals surface area contributed by atoms with Crippen molar-refractivity contribution >= 4 is 17.2 Å². The van der Waals surface area contributed by atoms with E-state index in [0.717, 1.165) is 28.9 Å². The molecule has 2 fully saturated rings.